The summed E-state index contributed by atoms with van der Waals surface area (Å²) in [5.41, 5.74) is 6.45. The number of aryl methyl sites for hydroxylation is 2. The van der Waals surface area contributed by atoms with Crippen LogP contribution >= 0.6 is 22.7 Å². The summed E-state index contributed by atoms with van der Waals surface area (Å²) in [6.07, 6.45) is 1.62. The highest BCUT2D eigenvalue weighted by Crippen LogP contribution is 2.42. The number of halogens is 1. The van der Waals surface area contributed by atoms with Crippen molar-refractivity contribution in [3.63, 3.8) is 0 Å². The van der Waals surface area contributed by atoms with Crippen molar-refractivity contribution < 1.29 is 9.18 Å². The second kappa shape index (κ2) is 4.60. The highest BCUT2D eigenvalue weighted by molar-refractivity contribution is 7.18. The first kappa shape index (κ1) is 13.6. The van der Waals surface area contributed by atoms with Crippen LogP contribution in [0.25, 0.3) is 10.6 Å². The molecule has 0 aliphatic heterocycles. The summed E-state index contributed by atoms with van der Waals surface area (Å²) in [5.74, 6) is -0.509. The van der Waals surface area contributed by atoms with Crippen LogP contribution in [0.3, 0.4) is 0 Å². The lowest BCUT2D eigenvalue weighted by atomic mass is 9.97. The van der Waals surface area contributed by atoms with E-state index in [1.807, 2.05) is 13.8 Å². The molecule has 106 valence electrons. The lowest BCUT2D eigenvalue weighted by molar-refractivity contribution is 0.1000. The largest absolute Gasteiger partial charge is 0.364 e. The number of aromatic nitrogens is 2. The first-order valence-corrected chi connectivity index (χ1v) is 7.91. The van der Waals surface area contributed by atoms with E-state index in [4.69, 9.17) is 5.73 Å². The molecular weight excluding hydrogens is 297 g/mol. The van der Waals surface area contributed by atoms with Crippen molar-refractivity contribution in [2.45, 2.75) is 32.1 Å². The fraction of sp³-hybridized carbons (Fsp3) is 0.462. The van der Waals surface area contributed by atoms with Crippen LogP contribution in [-0.4, -0.2) is 22.5 Å². The molecule has 0 radical (unpaired) electrons. The van der Waals surface area contributed by atoms with Crippen molar-refractivity contribution in [1.82, 2.24) is 9.97 Å². The maximum Gasteiger partial charge on any atom is 0.277 e. The third-order valence-electron chi connectivity index (χ3n) is 3.32. The lowest BCUT2D eigenvalue weighted by Crippen LogP contribution is -2.19. The second-order valence-electron chi connectivity index (χ2n) is 5.47. The van der Waals surface area contributed by atoms with E-state index in [9.17, 15) is 9.18 Å². The van der Waals surface area contributed by atoms with E-state index in [1.54, 1.807) is 11.3 Å². The number of carbonyl (C=O) groups is 1. The average molecular weight is 311 g/mol. The van der Waals surface area contributed by atoms with Crippen molar-refractivity contribution in [3.05, 3.63) is 20.6 Å². The Balaban J connectivity index is 2.10. The molecule has 4 nitrogen and oxygen atoms in total. The number of thiazole rings is 2. The minimum Gasteiger partial charge on any atom is -0.364 e. The standard InChI is InChI=1S/C13H14FN3OS2/c1-13(2,5-14)12-17-8-7(19-12)4-3-6-9(8)20-11(16-6)10(15)18/h3-5H2,1-2H3,(H2,15,18). The van der Waals surface area contributed by atoms with Gasteiger partial charge in [0, 0.05) is 10.3 Å². The number of primary amides is 1. The Labute approximate surface area is 123 Å². The average Bonchev–Trinajstić information content (AvgIpc) is 3.01. The number of rotatable bonds is 3. The smallest absolute Gasteiger partial charge is 0.277 e. The van der Waals surface area contributed by atoms with Gasteiger partial charge in [0.15, 0.2) is 5.01 Å². The van der Waals surface area contributed by atoms with Gasteiger partial charge in [-0.25, -0.2) is 9.97 Å². The minimum atomic E-state index is -0.570. The number of alkyl halides is 1. The molecule has 2 aromatic heterocycles. The Kier molecular flexibility index (Phi) is 3.13. The van der Waals surface area contributed by atoms with Gasteiger partial charge in [0.05, 0.1) is 16.3 Å². The number of fused-ring (bicyclic) bond motifs is 3. The summed E-state index contributed by atoms with van der Waals surface area (Å²) < 4.78 is 13.1. The molecule has 0 saturated carbocycles. The number of hydrogen-bond acceptors (Lipinski definition) is 5. The lowest BCUT2D eigenvalue weighted by Gasteiger charge is -2.16. The zero-order valence-corrected chi connectivity index (χ0v) is 12.8. The SMILES string of the molecule is CC(C)(CF)c1nc2c(s1)CCc1nc(C(N)=O)sc1-2. The molecule has 2 aromatic rings. The number of nitrogens with zero attached hydrogens (tertiary/aromatic N) is 2. The van der Waals surface area contributed by atoms with Gasteiger partial charge in [0.2, 0.25) is 0 Å². The molecule has 1 amide bonds. The molecule has 3 rings (SSSR count). The van der Waals surface area contributed by atoms with Crippen molar-refractivity contribution in [2.75, 3.05) is 6.67 Å². The van der Waals surface area contributed by atoms with E-state index in [0.717, 1.165) is 39.0 Å². The second-order valence-corrected chi connectivity index (χ2v) is 7.55. The van der Waals surface area contributed by atoms with Gasteiger partial charge in [-0.2, -0.15) is 0 Å². The van der Waals surface area contributed by atoms with Gasteiger partial charge in [0.1, 0.15) is 11.7 Å². The maximum atomic E-state index is 13.1. The van der Waals surface area contributed by atoms with E-state index < -0.39 is 18.0 Å². The number of carbonyl (C=O) groups excluding carboxylic acids is 1. The first-order chi connectivity index (χ1) is 9.42. The zero-order chi connectivity index (χ0) is 14.5. The van der Waals surface area contributed by atoms with E-state index in [-0.39, 0.29) is 0 Å². The Hall–Kier alpha value is -1.34. The van der Waals surface area contributed by atoms with Crippen LogP contribution in [0.2, 0.25) is 0 Å². The Bertz CT molecular complexity index is 690. The third-order valence-corrected chi connectivity index (χ3v) is 5.92. The van der Waals surface area contributed by atoms with Gasteiger partial charge < -0.3 is 5.73 Å². The normalized spacial score (nSPS) is 13.9. The van der Waals surface area contributed by atoms with Crippen molar-refractivity contribution in [1.29, 1.82) is 0 Å². The molecule has 0 atom stereocenters. The van der Waals surface area contributed by atoms with Gasteiger partial charge in [-0.05, 0) is 12.8 Å². The van der Waals surface area contributed by atoms with Gasteiger partial charge in [-0.1, -0.05) is 13.8 Å². The van der Waals surface area contributed by atoms with Gasteiger partial charge >= 0.3 is 0 Å². The predicted molar refractivity (Wildman–Crippen MR) is 78.1 cm³/mol. The fourth-order valence-corrected chi connectivity index (χ4v) is 4.28. The number of nitrogens with two attached hydrogens (primary N) is 1. The van der Waals surface area contributed by atoms with Crippen LogP contribution < -0.4 is 5.73 Å². The predicted octanol–water partition coefficient (Wildman–Crippen LogP) is 2.71. The van der Waals surface area contributed by atoms with Crippen LogP contribution in [0.1, 0.15) is 39.2 Å². The summed E-state index contributed by atoms with van der Waals surface area (Å²) in [5, 5.41) is 1.12. The molecule has 0 saturated heterocycles. The van der Waals surface area contributed by atoms with E-state index >= 15 is 0 Å². The molecule has 1 aliphatic carbocycles. The maximum absolute atomic E-state index is 13.1. The summed E-state index contributed by atoms with van der Waals surface area (Å²) in [4.78, 5) is 22.2. The van der Waals surface area contributed by atoms with E-state index in [2.05, 4.69) is 9.97 Å². The van der Waals surface area contributed by atoms with Crippen molar-refractivity contribution in [2.24, 2.45) is 5.73 Å². The van der Waals surface area contributed by atoms with Gasteiger partial charge in [-0.3, -0.25) is 9.18 Å². The van der Waals surface area contributed by atoms with Crippen molar-refractivity contribution in [3.8, 4) is 10.6 Å². The van der Waals surface area contributed by atoms with Gasteiger partial charge in [0.25, 0.3) is 5.91 Å². The Morgan fingerprint density at radius 1 is 1.35 bits per heavy atom. The summed E-state index contributed by atoms with van der Waals surface area (Å²) in [6.45, 7) is 3.25. The first-order valence-electron chi connectivity index (χ1n) is 6.28. The van der Waals surface area contributed by atoms with E-state index in [0.29, 0.717) is 5.01 Å². The molecule has 2 heterocycles. The quantitative estimate of drug-likeness (QED) is 0.947. The molecule has 7 heteroatoms. The molecule has 0 bridgehead atoms. The van der Waals surface area contributed by atoms with Crippen LogP contribution in [0.4, 0.5) is 4.39 Å². The summed E-state index contributed by atoms with van der Waals surface area (Å²) in [6, 6.07) is 0. The zero-order valence-electron chi connectivity index (χ0n) is 11.2. The van der Waals surface area contributed by atoms with Crippen LogP contribution in [0.5, 0.6) is 0 Å². The molecule has 0 aromatic carbocycles. The molecule has 20 heavy (non-hydrogen) atoms. The highest BCUT2D eigenvalue weighted by Gasteiger charge is 2.31. The topological polar surface area (TPSA) is 68.9 Å². The number of hydrogen-bond donors (Lipinski definition) is 1. The Morgan fingerprint density at radius 3 is 2.75 bits per heavy atom. The molecular formula is C13H14FN3OS2. The minimum absolute atomic E-state index is 0.321. The molecule has 2 N–H and O–H groups in total. The molecule has 0 spiro atoms. The monoisotopic (exact) mass is 311 g/mol. The summed E-state index contributed by atoms with van der Waals surface area (Å²) >= 11 is 2.84. The van der Waals surface area contributed by atoms with Crippen LogP contribution in [-0.2, 0) is 18.3 Å². The summed E-state index contributed by atoms with van der Waals surface area (Å²) in [7, 11) is 0. The molecule has 1 aliphatic rings. The van der Waals surface area contributed by atoms with Crippen molar-refractivity contribution >= 4 is 28.6 Å². The van der Waals surface area contributed by atoms with E-state index in [1.165, 1.54) is 11.3 Å². The van der Waals surface area contributed by atoms with Crippen LogP contribution in [0, 0.1) is 0 Å². The highest BCUT2D eigenvalue weighted by atomic mass is 32.1. The van der Waals surface area contributed by atoms with Crippen LogP contribution in [0.15, 0.2) is 0 Å². The molecule has 0 fully saturated rings. The fourth-order valence-electron chi connectivity index (χ4n) is 2.09. The van der Waals surface area contributed by atoms with Gasteiger partial charge in [-0.15, -0.1) is 22.7 Å². The Morgan fingerprint density at radius 2 is 2.10 bits per heavy atom. The third kappa shape index (κ3) is 2.05. The number of amides is 1. The molecule has 0 unspecified atom stereocenters.